The van der Waals surface area contributed by atoms with Crippen molar-refractivity contribution in [3.8, 4) is 0 Å². The highest BCUT2D eigenvalue weighted by atomic mass is 35.5. The van der Waals surface area contributed by atoms with Crippen LogP contribution < -0.4 is 5.32 Å². The molecule has 0 fully saturated rings. The van der Waals surface area contributed by atoms with Gasteiger partial charge in [-0.05, 0) is 55.6 Å². The first-order chi connectivity index (χ1) is 10.0. The lowest BCUT2D eigenvalue weighted by Crippen LogP contribution is -2.24. The quantitative estimate of drug-likeness (QED) is 0.802. The number of hydrogen-bond donors (Lipinski definition) is 1. The molecule has 0 bridgehead atoms. The van der Waals surface area contributed by atoms with Crippen LogP contribution in [0.4, 0.5) is 4.39 Å². The van der Waals surface area contributed by atoms with E-state index in [4.69, 9.17) is 11.6 Å². The maximum absolute atomic E-state index is 14.3. The molecule has 0 aliphatic rings. The fraction of sp³-hybridized carbons (Fsp3) is 0.333. The molecule has 0 spiro atoms. The van der Waals surface area contributed by atoms with Gasteiger partial charge >= 0.3 is 0 Å². The Morgan fingerprint density at radius 1 is 1.10 bits per heavy atom. The van der Waals surface area contributed by atoms with E-state index in [1.54, 1.807) is 12.1 Å². The minimum absolute atomic E-state index is 0.151. The Morgan fingerprint density at radius 2 is 1.86 bits per heavy atom. The number of aryl methyl sites for hydroxylation is 2. The van der Waals surface area contributed by atoms with Gasteiger partial charge in [0.25, 0.3) is 0 Å². The number of hydrogen-bond acceptors (Lipinski definition) is 1. The number of halogens is 2. The van der Waals surface area contributed by atoms with E-state index >= 15 is 0 Å². The molecule has 2 rings (SSSR count). The summed E-state index contributed by atoms with van der Waals surface area (Å²) < 4.78 is 14.3. The zero-order chi connectivity index (χ0) is 15.4. The average Bonchev–Trinajstić information content (AvgIpc) is 2.44. The van der Waals surface area contributed by atoms with Crippen molar-refractivity contribution in [2.24, 2.45) is 0 Å². The summed E-state index contributed by atoms with van der Waals surface area (Å²) in [5.74, 6) is -0.269. The van der Waals surface area contributed by atoms with E-state index in [9.17, 15) is 4.39 Å². The van der Waals surface area contributed by atoms with E-state index in [-0.39, 0.29) is 11.9 Å². The van der Waals surface area contributed by atoms with E-state index in [2.05, 4.69) is 44.3 Å². The molecular formula is C18H21ClFN. The lowest BCUT2D eigenvalue weighted by atomic mass is 9.95. The van der Waals surface area contributed by atoms with Gasteiger partial charge in [-0.25, -0.2) is 4.39 Å². The zero-order valence-corrected chi connectivity index (χ0v) is 13.5. The molecule has 3 heteroatoms. The monoisotopic (exact) mass is 305 g/mol. The molecule has 2 aromatic carbocycles. The highest BCUT2D eigenvalue weighted by Gasteiger charge is 2.18. The minimum atomic E-state index is -0.269. The fourth-order valence-electron chi connectivity index (χ4n) is 2.38. The van der Waals surface area contributed by atoms with Gasteiger partial charge in [0.15, 0.2) is 0 Å². The van der Waals surface area contributed by atoms with Crippen molar-refractivity contribution in [2.75, 3.05) is 6.54 Å². The SMILES string of the molecule is CCCNC(c1ccc(C)c(C)c1)c1ccc(Cl)cc1F. The summed E-state index contributed by atoms with van der Waals surface area (Å²) in [6.45, 7) is 7.09. The van der Waals surface area contributed by atoms with Crippen molar-refractivity contribution in [1.29, 1.82) is 0 Å². The lowest BCUT2D eigenvalue weighted by Gasteiger charge is -2.21. The van der Waals surface area contributed by atoms with E-state index in [0.717, 1.165) is 18.5 Å². The van der Waals surface area contributed by atoms with Crippen LogP contribution in [0.5, 0.6) is 0 Å². The Labute approximate surface area is 131 Å². The lowest BCUT2D eigenvalue weighted by molar-refractivity contribution is 0.546. The third-order valence-electron chi connectivity index (χ3n) is 3.74. The standard InChI is InChI=1S/C18H21ClFN/c1-4-9-21-18(14-6-5-12(2)13(3)10-14)16-8-7-15(19)11-17(16)20/h5-8,10-11,18,21H,4,9H2,1-3H3. The first kappa shape index (κ1) is 16.0. The van der Waals surface area contributed by atoms with Crippen LogP contribution in [-0.4, -0.2) is 6.54 Å². The van der Waals surface area contributed by atoms with Crippen LogP contribution in [-0.2, 0) is 0 Å². The van der Waals surface area contributed by atoms with Gasteiger partial charge in [-0.1, -0.05) is 42.8 Å². The van der Waals surface area contributed by atoms with Crippen molar-refractivity contribution in [3.05, 3.63) is 69.5 Å². The van der Waals surface area contributed by atoms with Crippen LogP contribution in [0, 0.1) is 19.7 Å². The van der Waals surface area contributed by atoms with Crippen LogP contribution >= 0.6 is 11.6 Å². The first-order valence-electron chi connectivity index (χ1n) is 7.28. The Hall–Kier alpha value is -1.38. The molecule has 1 nitrogen and oxygen atoms in total. The van der Waals surface area contributed by atoms with Gasteiger partial charge in [-0.15, -0.1) is 0 Å². The second-order valence-corrected chi connectivity index (χ2v) is 5.83. The van der Waals surface area contributed by atoms with Gasteiger partial charge in [0.1, 0.15) is 5.82 Å². The van der Waals surface area contributed by atoms with E-state index in [1.165, 1.54) is 17.2 Å². The molecule has 21 heavy (non-hydrogen) atoms. The second kappa shape index (κ2) is 7.06. The third-order valence-corrected chi connectivity index (χ3v) is 3.97. The highest BCUT2D eigenvalue weighted by molar-refractivity contribution is 6.30. The number of benzene rings is 2. The molecular weight excluding hydrogens is 285 g/mol. The fourth-order valence-corrected chi connectivity index (χ4v) is 2.53. The van der Waals surface area contributed by atoms with Crippen molar-refractivity contribution in [3.63, 3.8) is 0 Å². The van der Waals surface area contributed by atoms with Crippen molar-refractivity contribution >= 4 is 11.6 Å². The van der Waals surface area contributed by atoms with Crippen LogP contribution in [0.3, 0.4) is 0 Å². The predicted molar refractivity (Wildman–Crippen MR) is 87.5 cm³/mol. The molecule has 0 heterocycles. The van der Waals surface area contributed by atoms with E-state index < -0.39 is 0 Å². The van der Waals surface area contributed by atoms with Crippen molar-refractivity contribution < 1.29 is 4.39 Å². The van der Waals surface area contributed by atoms with Crippen LogP contribution in [0.25, 0.3) is 0 Å². The summed E-state index contributed by atoms with van der Waals surface area (Å²) >= 11 is 5.86. The number of nitrogens with one attached hydrogen (secondary N) is 1. The second-order valence-electron chi connectivity index (χ2n) is 5.40. The Kier molecular flexibility index (Phi) is 5.38. The molecule has 0 amide bonds. The van der Waals surface area contributed by atoms with Crippen LogP contribution in [0.1, 0.15) is 41.6 Å². The molecule has 0 aliphatic heterocycles. The molecule has 0 aliphatic carbocycles. The molecule has 0 radical (unpaired) electrons. The topological polar surface area (TPSA) is 12.0 Å². The molecule has 0 saturated heterocycles. The van der Waals surface area contributed by atoms with Gasteiger partial charge in [0.05, 0.1) is 6.04 Å². The van der Waals surface area contributed by atoms with Gasteiger partial charge in [0, 0.05) is 10.6 Å². The van der Waals surface area contributed by atoms with Crippen molar-refractivity contribution in [2.45, 2.75) is 33.2 Å². The summed E-state index contributed by atoms with van der Waals surface area (Å²) in [5.41, 5.74) is 4.17. The smallest absolute Gasteiger partial charge is 0.129 e. The maximum atomic E-state index is 14.3. The number of rotatable bonds is 5. The normalized spacial score (nSPS) is 12.4. The van der Waals surface area contributed by atoms with Gasteiger partial charge in [-0.2, -0.15) is 0 Å². The molecule has 0 saturated carbocycles. The molecule has 1 N–H and O–H groups in total. The summed E-state index contributed by atoms with van der Waals surface area (Å²) in [7, 11) is 0. The molecule has 1 atom stereocenters. The van der Waals surface area contributed by atoms with Crippen molar-refractivity contribution in [1.82, 2.24) is 5.32 Å². The summed E-state index contributed by atoms with van der Waals surface area (Å²) in [4.78, 5) is 0. The average molecular weight is 306 g/mol. The summed E-state index contributed by atoms with van der Waals surface area (Å²) in [6, 6.07) is 11.0. The summed E-state index contributed by atoms with van der Waals surface area (Å²) in [6.07, 6.45) is 0.997. The van der Waals surface area contributed by atoms with Gasteiger partial charge in [0.2, 0.25) is 0 Å². The minimum Gasteiger partial charge on any atom is -0.306 e. The molecule has 112 valence electrons. The largest absolute Gasteiger partial charge is 0.306 e. The first-order valence-corrected chi connectivity index (χ1v) is 7.66. The molecule has 2 aromatic rings. The van der Waals surface area contributed by atoms with Crippen LogP contribution in [0.2, 0.25) is 5.02 Å². The van der Waals surface area contributed by atoms with E-state index in [0.29, 0.717) is 10.6 Å². The van der Waals surface area contributed by atoms with Gasteiger partial charge in [-0.3, -0.25) is 0 Å². The zero-order valence-electron chi connectivity index (χ0n) is 12.7. The highest BCUT2D eigenvalue weighted by Crippen LogP contribution is 2.27. The third kappa shape index (κ3) is 3.84. The predicted octanol–water partition coefficient (Wildman–Crippen LogP) is 5.18. The van der Waals surface area contributed by atoms with Crippen LogP contribution in [0.15, 0.2) is 36.4 Å². The maximum Gasteiger partial charge on any atom is 0.129 e. The molecule has 1 unspecified atom stereocenters. The Bertz CT molecular complexity index is 625. The Balaban J connectivity index is 2.44. The van der Waals surface area contributed by atoms with Gasteiger partial charge < -0.3 is 5.32 Å². The summed E-state index contributed by atoms with van der Waals surface area (Å²) in [5, 5.41) is 3.85. The Morgan fingerprint density at radius 3 is 2.48 bits per heavy atom. The van der Waals surface area contributed by atoms with E-state index in [1.807, 2.05) is 0 Å². The molecule has 0 aromatic heterocycles.